The first kappa shape index (κ1) is 9.67. The second kappa shape index (κ2) is 4.00. The molecule has 13 heavy (non-hydrogen) atoms. The van der Waals surface area contributed by atoms with Gasteiger partial charge in [0.05, 0.1) is 10.5 Å². The van der Waals surface area contributed by atoms with Gasteiger partial charge in [-0.1, -0.05) is 19.1 Å². The minimum atomic E-state index is -0.471. The lowest BCUT2D eigenvalue weighted by molar-refractivity contribution is -0.386. The van der Waals surface area contributed by atoms with Gasteiger partial charge in [0, 0.05) is 5.56 Å². The van der Waals surface area contributed by atoms with Gasteiger partial charge >= 0.3 is 0 Å². The molecule has 1 N–H and O–H groups in total. The van der Waals surface area contributed by atoms with Crippen molar-refractivity contribution in [3.8, 4) is 0 Å². The van der Waals surface area contributed by atoms with Crippen LogP contribution in [0.3, 0.4) is 0 Å². The van der Waals surface area contributed by atoms with Crippen LogP contribution in [-0.4, -0.2) is 10.0 Å². The number of hydrogen-bond acceptors (Lipinski definition) is 3. The molecular weight excluding hydrogens is 170 g/mol. The molecule has 0 saturated carbocycles. The Hall–Kier alpha value is -1.42. The van der Waals surface area contributed by atoms with E-state index in [2.05, 4.69) is 0 Å². The number of nitro benzene ring substituents is 1. The highest BCUT2D eigenvalue weighted by Crippen LogP contribution is 2.24. The normalized spacial score (nSPS) is 10.0. The second-order valence-corrected chi connectivity index (χ2v) is 2.59. The molecule has 0 aliphatic heterocycles. The van der Waals surface area contributed by atoms with Gasteiger partial charge in [-0.3, -0.25) is 10.1 Å². The summed E-state index contributed by atoms with van der Waals surface area (Å²) in [6.07, 6.45) is 0.581. The van der Waals surface area contributed by atoms with Gasteiger partial charge in [0.1, 0.15) is 6.61 Å². The first-order valence-electron chi connectivity index (χ1n) is 3.94. The van der Waals surface area contributed by atoms with Crippen molar-refractivity contribution in [3.63, 3.8) is 0 Å². The van der Waals surface area contributed by atoms with E-state index in [9.17, 15) is 10.1 Å². The average molecular weight is 180 g/mol. The van der Waals surface area contributed by atoms with Crippen molar-refractivity contribution in [1.29, 1.82) is 0 Å². The molecule has 0 unspecified atom stereocenters. The summed E-state index contributed by atoms with van der Waals surface area (Å²) in [6, 6.07) is 4.89. The maximum Gasteiger partial charge on any atom is 0.278 e. The molecular formula is C9H10NO3. The fourth-order valence-corrected chi connectivity index (χ4v) is 1.22. The number of aryl methyl sites for hydroxylation is 1. The molecule has 69 valence electrons. The first-order valence-corrected chi connectivity index (χ1v) is 3.94. The van der Waals surface area contributed by atoms with Gasteiger partial charge in [0.2, 0.25) is 0 Å². The Kier molecular flexibility index (Phi) is 2.97. The monoisotopic (exact) mass is 180 g/mol. The van der Waals surface area contributed by atoms with Crippen LogP contribution in [-0.2, 0) is 6.42 Å². The number of hydrogen-bond donors (Lipinski definition) is 1. The zero-order valence-electron chi connectivity index (χ0n) is 7.23. The highest BCUT2D eigenvalue weighted by Gasteiger charge is 2.17. The minimum absolute atomic E-state index is 0.00694. The zero-order valence-corrected chi connectivity index (χ0v) is 7.23. The predicted molar refractivity (Wildman–Crippen MR) is 47.8 cm³/mol. The molecule has 0 atom stereocenters. The molecule has 0 aromatic heterocycles. The molecule has 1 aromatic rings. The summed E-state index contributed by atoms with van der Waals surface area (Å²) in [6.45, 7) is 2.60. The summed E-state index contributed by atoms with van der Waals surface area (Å²) in [5.41, 5.74) is 0.879. The minimum Gasteiger partial charge on any atom is -0.385 e. The smallest absolute Gasteiger partial charge is 0.278 e. The molecule has 1 aromatic carbocycles. The lowest BCUT2D eigenvalue weighted by Gasteiger charge is -2.02. The highest BCUT2D eigenvalue weighted by atomic mass is 16.6. The standard InChI is InChI=1S/C9H10NO3/c1-2-7-4-3-5-8(6-11)9(7)10(12)13/h3-6,11H,2H2,1H3. The third-order valence-corrected chi connectivity index (χ3v) is 1.85. The van der Waals surface area contributed by atoms with Gasteiger partial charge in [-0.05, 0) is 12.5 Å². The van der Waals surface area contributed by atoms with Crippen molar-refractivity contribution in [2.45, 2.75) is 13.3 Å². The highest BCUT2D eigenvalue weighted by molar-refractivity contribution is 5.50. The number of rotatable bonds is 3. The Labute approximate surface area is 76.0 Å². The largest absolute Gasteiger partial charge is 0.385 e. The third-order valence-electron chi connectivity index (χ3n) is 1.85. The number of nitrogens with zero attached hydrogens (tertiary/aromatic N) is 1. The topological polar surface area (TPSA) is 63.4 Å². The molecule has 1 rings (SSSR count). The Morgan fingerprint density at radius 1 is 1.62 bits per heavy atom. The maximum absolute atomic E-state index is 10.6. The van der Waals surface area contributed by atoms with Crippen molar-refractivity contribution in [3.05, 3.63) is 46.0 Å². The van der Waals surface area contributed by atoms with Crippen molar-refractivity contribution in [1.82, 2.24) is 0 Å². The van der Waals surface area contributed by atoms with E-state index in [-0.39, 0.29) is 11.3 Å². The molecule has 0 spiro atoms. The van der Waals surface area contributed by atoms with Crippen molar-refractivity contribution < 1.29 is 10.0 Å². The van der Waals surface area contributed by atoms with Crippen LogP contribution < -0.4 is 0 Å². The number of aliphatic hydroxyl groups is 1. The lowest BCUT2D eigenvalue weighted by atomic mass is 10.1. The van der Waals surface area contributed by atoms with Crippen LogP contribution >= 0.6 is 0 Å². The zero-order chi connectivity index (χ0) is 9.84. The van der Waals surface area contributed by atoms with E-state index >= 15 is 0 Å². The number of para-hydroxylation sites is 1. The first-order chi connectivity index (χ1) is 6.20. The number of nitro groups is 1. The van der Waals surface area contributed by atoms with Gasteiger partial charge in [0.25, 0.3) is 5.69 Å². The fourth-order valence-electron chi connectivity index (χ4n) is 1.22. The van der Waals surface area contributed by atoms with E-state index in [1.54, 1.807) is 12.1 Å². The molecule has 4 nitrogen and oxygen atoms in total. The molecule has 0 amide bonds. The molecule has 0 fully saturated rings. The third kappa shape index (κ3) is 1.84. The summed E-state index contributed by atoms with van der Waals surface area (Å²) in [7, 11) is 0. The van der Waals surface area contributed by atoms with Crippen LogP contribution in [0.4, 0.5) is 5.69 Å². The maximum atomic E-state index is 10.6. The van der Waals surface area contributed by atoms with Crippen LogP contribution in [0.15, 0.2) is 18.2 Å². The average Bonchev–Trinajstić information content (AvgIpc) is 2.16. The second-order valence-electron chi connectivity index (χ2n) is 2.59. The lowest BCUT2D eigenvalue weighted by Crippen LogP contribution is -1.98. The molecule has 0 heterocycles. The molecule has 0 saturated heterocycles. The van der Waals surface area contributed by atoms with Gasteiger partial charge in [-0.15, -0.1) is 0 Å². The Balaban J connectivity index is 3.29. The predicted octanol–water partition coefficient (Wildman–Crippen LogP) is 2.04. The fraction of sp³-hybridized carbons (Fsp3) is 0.222. The summed E-state index contributed by atoms with van der Waals surface area (Å²) in [4.78, 5) is 10.2. The summed E-state index contributed by atoms with van der Waals surface area (Å²) < 4.78 is 0. The van der Waals surface area contributed by atoms with E-state index in [1.165, 1.54) is 6.07 Å². The quantitative estimate of drug-likeness (QED) is 0.571. The van der Waals surface area contributed by atoms with E-state index in [1.807, 2.05) is 6.92 Å². The summed E-state index contributed by atoms with van der Waals surface area (Å²) in [5.74, 6) is 0. The van der Waals surface area contributed by atoms with Crippen LogP contribution in [0.1, 0.15) is 18.1 Å². The van der Waals surface area contributed by atoms with Crippen LogP contribution in [0.2, 0.25) is 0 Å². The molecule has 4 heteroatoms. The molecule has 0 bridgehead atoms. The molecule has 0 aliphatic carbocycles. The number of benzene rings is 1. The van der Waals surface area contributed by atoms with Gasteiger partial charge in [-0.25, -0.2) is 0 Å². The molecule has 1 radical (unpaired) electrons. The van der Waals surface area contributed by atoms with Gasteiger partial charge in [-0.2, -0.15) is 0 Å². The van der Waals surface area contributed by atoms with Crippen molar-refractivity contribution >= 4 is 5.69 Å². The van der Waals surface area contributed by atoms with Crippen LogP contribution in [0.5, 0.6) is 0 Å². The Bertz CT molecular complexity index is 300. The van der Waals surface area contributed by atoms with E-state index in [0.717, 1.165) is 6.61 Å². The van der Waals surface area contributed by atoms with Crippen molar-refractivity contribution in [2.24, 2.45) is 0 Å². The van der Waals surface area contributed by atoms with Gasteiger partial charge in [0.15, 0.2) is 0 Å². The van der Waals surface area contributed by atoms with Gasteiger partial charge < -0.3 is 5.11 Å². The van der Waals surface area contributed by atoms with E-state index < -0.39 is 4.92 Å². The van der Waals surface area contributed by atoms with E-state index in [0.29, 0.717) is 12.0 Å². The Morgan fingerprint density at radius 3 is 2.77 bits per heavy atom. The molecule has 0 aliphatic rings. The Morgan fingerprint density at radius 2 is 2.31 bits per heavy atom. The number of aliphatic hydroxyl groups excluding tert-OH is 1. The SMILES string of the molecule is CCc1cccc([CH]O)c1[N+](=O)[O-]. The van der Waals surface area contributed by atoms with Crippen LogP contribution in [0.25, 0.3) is 0 Å². The van der Waals surface area contributed by atoms with E-state index in [4.69, 9.17) is 5.11 Å². The van der Waals surface area contributed by atoms with Crippen LogP contribution in [0, 0.1) is 16.7 Å². The van der Waals surface area contributed by atoms with Crippen molar-refractivity contribution in [2.75, 3.05) is 0 Å². The summed E-state index contributed by atoms with van der Waals surface area (Å²) >= 11 is 0. The summed E-state index contributed by atoms with van der Waals surface area (Å²) in [5, 5.41) is 19.4.